The number of furan rings is 1. The van der Waals surface area contributed by atoms with E-state index in [0.29, 0.717) is 0 Å². The second-order valence-corrected chi connectivity index (χ2v) is 19.9. The first-order chi connectivity index (χ1) is 29.3. The summed E-state index contributed by atoms with van der Waals surface area (Å²) < 4.78 is 13.8. The van der Waals surface area contributed by atoms with E-state index in [4.69, 9.17) is 9.15 Å². The summed E-state index contributed by atoms with van der Waals surface area (Å²) >= 11 is 1.88. The van der Waals surface area contributed by atoms with Gasteiger partial charge in [0, 0.05) is 20.9 Å². The largest absolute Gasteiger partial charge is 0.456 e. The highest BCUT2D eigenvalue weighted by atomic mass is 32.2. The van der Waals surface area contributed by atoms with Gasteiger partial charge in [-0.3, -0.25) is 0 Å². The molecule has 0 unspecified atom stereocenters. The molecule has 0 fully saturated rings. The normalized spacial score (nSPS) is 13.3. The second-order valence-electron chi connectivity index (χ2n) is 15.2. The molecule has 12 rings (SSSR count). The van der Waals surface area contributed by atoms with Crippen LogP contribution in [-0.2, 0) is 0 Å². The van der Waals surface area contributed by atoms with Gasteiger partial charge in [-0.05, 0) is 97.6 Å². The van der Waals surface area contributed by atoms with Gasteiger partial charge in [-0.2, -0.15) is 0 Å². The minimum Gasteiger partial charge on any atom is -0.456 e. The van der Waals surface area contributed by atoms with Gasteiger partial charge in [0.2, 0.25) is 0 Å². The topological polar surface area (TPSA) is 25.6 Å². The van der Waals surface area contributed by atoms with Crippen LogP contribution in [0.1, 0.15) is 0 Å². The molecule has 2 aliphatic heterocycles. The van der Waals surface area contributed by atoms with E-state index in [1.165, 1.54) is 47.2 Å². The molecule has 1 spiro atoms. The highest BCUT2D eigenvalue weighted by Gasteiger charge is 2.52. The number of fused-ring (bicyclic) bond motifs is 11. The summed E-state index contributed by atoms with van der Waals surface area (Å²) in [4.78, 5) is 5.01. The van der Waals surface area contributed by atoms with Crippen molar-refractivity contribution in [2.75, 3.05) is 4.90 Å². The number of nitrogens with zero attached hydrogens (tertiary/aromatic N) is 1. The molecule has 0 saturated carbocycles. The Labute approximate surface area is 347 Å². The van der Waals surface area contributed by atoms with E-state index in [2.05, 4.69) is 211 Å². The lowest BCUT2D eigenvalue weighted by atomic mass is 10.00. The van der Waals surface area contributed by atoms with Crippen LogP contribution in [0.4, 0.5) is 17.1 Å². The minimum atomic E-state index is -2.89. The van der Waals surface area contributed by atoms with E-state index in [9.17, 15) is 0 Å². The Balaban J connectivity index is 1.10. The molecular weight excluding hydrogens is 755 g/mol. The molecule has 3 heterocycles. The van der Waals surface area contributed by atoms with Crippen molar-refractivity contribution in [3.05, 3.63) is 212 Å². The van der Waals surface area contributed by atoms with Crippen LogP contribution in [0.2, 0.25) is 0 Å². The van der Waals surface area contributed by atoms with Crippen molar-refractivity contribution in [3.8, 4) is 33.8 Å². The van der Waals surface area contributed by atoms with E-state index in [-0.39, 0.29) is 0 Å². The number of anilines is 3. The third-order valence-electron chi connectivity index (χ3n) is 12.0. The molecule has 0 bridgehead atoms. The fourth-order valence-electron chi connectivity index (χ4n) is 9.44. The summed E-state index contributed by atoms with van der Waals surface area (Å²) in [5.74, 6) is 1.80. The molecular formula is C54H35NO2SSi. The molecule has 59 heavy (non-hydrogen) atoms. The van der Waals surface area contributed by atoms with Crippen molar-refractivity contribution in [3.63, 3.8) is 0 Å². The number of rotatable bonds is 5. The lowest BCUT2D eigenvalue weighted by Gasteiger charge is -2.44. The first-order valence-corrected chi connectivity index (χ1v) is 22.8. The quantitative estimate of drug-likeness (QED) is 0.162. The Kier molecular flexibility index (Phi) is 7.80. The number of hydrogen-bond donors (Lipinski definition) is 0. The van der Waals surface area contributed by atoms with Crippen LogP contribution >= 0.6 is 11.8 Å². The van der Waals surface area contributed by atoms with Crippen molar-refractivity contribution < 1.29 is 9.15 Å². The fraction of sp³-hybridized carbons (Fsp3) is 0. The number of para-hydroxylation sites is 3. The molecule has 1 aromatic heterocycles. The highest BCUT2D eigenvalue weighted by molar-refractivity contribution is 8.00. The smallest absolute Gasteiger partial charge is 0.190 e. The van der Waals surface area contributed by atoms with E-state index >= 15 is 0 Å². The Morgan fingerprint density at radius 2 is 0.915 bits per heavy atom. The van der Waals surface area contributed by atoms with Crippen LogP contribution in [-0.4, -0.2) is 8.07 Å². The van der Waals surface area contributed by atoms with Gasteiger partial charge >= 0.3 is 0 Å². The van der Waals surface area contributed by atoms with Gasteiger partial charge in [0.05, 0.1) is 16.8 Å². The lowest BCUT2D eigenvalue weighted by molar-refractivity contribution is 0.488. The standard InChI is InChI=1S/C54H35NO2SSi/c1-2-14-36(15-3-1)37-28-30-38(31-29-37)39-32-34-40(35-33-39)55(42-17-12-21-46-53(42)41-16-4-5-19-44(41)56-46)43-18-13-27-52-54(43)57-45-20-6-9-24-49(45)59(52)50-25-10-7-22-47(50)58-48-23-8-11-26-51(48)59/h1-35H. The lowest BCUT2D eigenvalue weighted by Crippen LogP contribution is -2.77. The fourth-order valence-corrected chi connectivity index (χ4v) is 16.6. The van der Waals surface area contributed by atoms with E-state index in [1.807, 2.05) is 17.8 Å². The third-order valence-corrected chi connectivity index (χ3v) is 18.4. The first kappa shape index (κ1) is 34.0. The molecule has 10 aromatic rings. The maximum Gasteiger partial charge on any atom is 0.190 e. The predicted octanol–water partition coefficient (Wildman–Crippen LogP) is 12.3. The van der Waals surface area contributed by atoms with Crippen molar-refractivity contribution in [2.24, 2.45) is 0 Å². The van der Waals surface area contributed by atoms with Gasteiger partial charge in [-0.15, -0.1) is 0 Å². The van der Waals surface area contributed by atoms with E-state index < -0.39 is 8.07 Å². The summed E-state index contributed by atoms with van der Waals surface area (Å²) in [5.41, 5.74) is 9.49. The Bertz CT molecular complexity index is 3170. The van der Waals surface area contributed by atoms with Crippen molar-refractivity contribution in [1.82, 2.24) is 0 Å². The zero-order valence-corrected chi connectivity index (χ0v) is 33.7. The molecule has 9 aromatic carbocycles. The van der Waals surface area contributed by atoms with Crippen molar-refractivity contribution in [1.29, 1.82) is 0 Å². The summed E-state index contributed by atoms with van der Waals surface area (Å²) in [6.45, 7) is 0. The van der Waals surface area contributed by atoms with Crippen molar-refractivity contribution in [2.45, 2.75) is 9.79 Å². The summed E-state index contributed by atoms with van der Waals surface area (Å²) in [5, 5.41) is 7.46. The molecule has 5 heteroatoms. The van der Waals surface area contributed by atoms with Gasteiger partial charge in [0.25, 0.3) is 0 Å². The van der Waals surface area contributed by atoms with Crippen LogP contribution in [0.25, 0.3) is 44.2 Å². The molecule has 0 saturated heterocycles. The van der Waals surface area contributed by atoms with Gasteiger partial charge in [0.1, 0.15) is 16.9 Å². The monoisotopic (exact) mass is 789 g/mol. The van der Waals surface area contributed by atoms with Crippen LogP contribution in [0.3, 0.4) is 0 Å². The molecule has 0 N–H and O–H groups in total. The van der Waals surface area contributed by atoms with Crippen LogP contribution in [0, 0.1) is 0 Å². The molecule has 0 atom stereocenters. The van der Waals surface area contributed by atoms with Crippen LogP contribution in [0.15, 0.2) is 227 Å². The minimum absolute atomic E-state index is 0.845. The molecule has 0 radical (unpaired) electrons. The third kappa shape index (κ3) is 5.22. The zero-order valence-electron chi connectivity index (χ0n) is 31.9. The Morgan fingerprint density at radius 3 is 1.64 bits per heavy atom. The summed E-state index contributed by atoms with van der Waals surface area (Å²) in [6, 6.07) is 76.7. The Morgan fingerprint density at radius 1 is 0.390 bits per heavy atom. The molecule has 0 amide bonds. The Hall–Kier alpha value is -7.05. The van der Waals surface area contributed by atoms with Gasteiger partial charge < -0.3 is 14.1 Å². The van der Waals surface area contributed by atoms with Crippen LogP contribution < -0.4 is 30.4 Å². The number of benzene rings is 9. The zero-order chi connectivity index (χ0) is 38.9. The maximum absolute atomic E-state index is 7.27. The first-order valence-electron chi connectivity index (χ1n) is 20.0. The average Bonchev–Trinajstić information content (AvgIpc) is 3.69. The number of ether oxygens (including phenoxy) is 1. The molecule has 2 aliphatic rings. The van der Waals surface area contributed by atoms with Gasteiger partial charge in [-0.1, -0.05) is 169 Å². The highest BCUT2D eigenvalue weighted by Crippen LogP contribution is 2.48. The number of hydrogen-bond acceptors (Lipinski definition) is 4. The van der Waals surface area contributed by atoms with Crippen molar-refractivity contribution >= 4 is 79.6 Å². The van der Waals surface area contributed by atoms with Crippen LogP contribution in [0.5, 0.6) is 11.5 Å². The van der Waals surface area contributed by atoms with E-state index in [0.717, 1.165) is 56.1 Å². The second kappa shape index (κ2) is 13.5. The predicted molar refractivity (Wildman–Crippen MR) is 247 cm³/mol. The molecule has 3 nitrogen and oxygen atoms in total. The summed E-state index contributed by atoms with van der Waals surface area (Å²) in [6.07, 6.45) is 0. The SMILES string of the molecule is c1ccc(-c2ccc(-c3ccc(N(c4cccc5c4Oc4ccccc4[Si]54c5ccccc5Sc5ccccc54)c4cccc5oc6ccccc6c45)cc3)cc2)cc1. The van der Waals surface area contributed by atoms with Gasteiger partial charge in [0.15, 0.2) is 13.8 Å². The average molecular weight is 790 g/mol. The maximum atomic E-state index is 7.27. The van der Waals surface area contributed by atoms with Gasteiger partial charge in [-0.25, -0.2) is 0 Å². The molecule has 0 aliphatic carbocycles. The summed E-state index contributed by atoms with van der Waals surface area (Å²) in [7, 11) is -2.89. The van der Waals surface area contributed by atoms with E-state index in [1.54, 1.807) is 0 Å². The molecule has 278 valence electrons.